The zero-order valence-electron chi connectivity index (χ0n) is 16.5. The number of rotatable bonds is 4. The van der Waals surface area contributed by atoms with Crippen molar-refractivity contribution < 1.29 is 22.0 Å². The Kier molecular flexibility index (Phi) is 5.77. The molecule has 0 radical (unpaired) electrons. The summed E-state index contributed by atoms with van der Waals surface area (Å²) in [6.07, 6.45) is 6.80. The van der Waals surface area contributed by atoms with Crippen molar-refractivity contribution in [2.24, 2.45) is 5.92 Å². The molecule has 1 saturated carbocycles. The minimum absolute atomic E-state index is 0.0263. The van der Waals surface area contributed by atoms with E-state index in [1.165, 1.54) is 31.4 Å². The van der Waals surface area contributed by atoms with Crippen LogP contribution in [0, 0.1) is 17.6 Å². The van der Waals surface area contributed by atoms with E-state index in [2.05, 4.69) is 4.72 Å². The second-order valence-corrected chi connectivity index (χ2v) is 9.69. The van der Waals surface area contributed by atoms with E-state index in [0.29, 0.717) is 23.6 Å². The highest BCUT2D eigenvalue weighted by atomic mass is 32.2. The van der Waals surface area contributed by atoms with E-state index in [0.717, 1.165) is 37.9 Å². The number of nitrogens with zero attached hydrogens (tertiary/aromatic N) is 1. The average molecular weight is 435 g/mol. The summed E-state index contributed by atoms with van der Waals surface area (Å²) < 4.78 is 53.6. The predicted octanol–water partition coefficient (Wildman–Crippen LogP) is 4.56. The maximum absolute atomic E-state index is 13.4. The molecule has 1 heterocycles. The van der Waals surface area contributed by atoms with Crippen molar-refractivity contribution >= 4 is 21.6 Å². The Labute approximate surface area is 175 Å². The molecule has 2 unspecified atom stereocenters. The molecule has 2 aromatic carbocycles. The highest BCUT2D eigenvalue weighted by Crippen LogP contribution is 2.36. The fourth-order valence-electron chi connectivity index (χ4n) is 4.58. The van der Waals surface area contributed by atoms with E-state index in [9.17, 15) is 22.0 Å². The third-order valence-corrected chi connectivity index (χ3v) is 7.47. The first-order valence-corrected chi connectivity index (χ1v) is 11.7. The van der Waals surface area contributed by atoms with Gasteiger partial charge in [-0.25, -0.2) is 17.2 Å². The predicted molar refractivity (Wildman–Crippen MR) is 110 cm³/mol. The minimum atomic E-state index is -4.07. The van der Waals surface area contributed by atoms with E-state index in [-0.39, 0.29) is 16.5 Å². The lowest BCUT2D eigenvalue weighted by molar-refractivity contribution is 0.0390. The molecule has 0 spiro atoms. The van der Waals surface area contributed by atoms with Gasteiger partial charge in [-0.15, -0.1) is 0 Å². The van der Waals surface area contributed by atoms with Gasteiger partial charge in [0.05, 0.1) is 4.90 Å². The number of benzene rings is 2. The summed E-state index contributed by atoms with van der Waals surface area (Å²) in [7, 11) is -4.07. The normalized spacial score (nSPS) is 21.7. The zero-order chi connectivity index (χ0) is 21.3. The van der Waals surface area contributed by atoms with E-state index in [1.54, 1.807) is 12.1 Å². The molecule has 8 heteroatoms. The highest BCUT2D eigenvalue weighted by Gasteiger charge is 2.35. The van der Waals surface area contributed by atoms with Crippen molar-refractivity contribution in [1.82, 2.24) is 4.90 Å². The zero-order valence-corrected chi connectivity index (χ0v) is 17.3. The maximum atomic E-state index is 13.4. The Balaban J connectivity index is 1.48. The van der Waals surface area contributed by atoms with Crippen LogP contribution in [0.3, 0.4) is 0 Å². The van der Waals surface area contributed by atoms with Crippen molar-refractivity contribution in [1.29, 1.82) is 0 Å². The van der Waals surface area contributed by atoms with E-state index in [4.69, 9.17) is 0 Å². The van der Waals surface area contributed by atoms with Gasteiger partial charge in [0.15, 0.2) is 11.6 Å². The highest BCUT2D eigenvalue weighted by molar-refractivity contribution is 7.92. The summed E-state index contributed by atoms with van der Waals surface area (Å²) in [4.78, 5) is 14.7. The van der Waals surface area contributed by atoms with Gasteiger partial charge in [0.1, 0.15) is 0 Å². The molecule has 4 rings (SSSR count). The molecule has 1 amide bonds. The molecular weight excluding hydrogens is 410 g/mol. The van der Waals surface area contributed by atoms with Gasteiger partial charge in [0.25, 0.3) is 15.9 Å². The van der Waals surface area contributed by atoms with Gasteiger partial charge in [-0.1, -0.05) is 12.8 Å². The van der Waals surface area contributed by atoms with Gasteiger partial charge >= 0.3 is 0 Å². The van der Waals surface area contributed by atoms with Crippen molar-refractivity contribution in [2.45, 2.75) is 49.5 Å². The summed E-state index contributed by atoms with van der Waals surface area (Å²) in [6.45, 7) is 0.754. The summed E-state index contributed by atoms with van der Waals surface area (Å²) in [6, 6.07) is 8.90. The minimum Gasteiger partial charge on any atom is -0.335 e. The van der Waals surface area contributed by atoms with Gasteiger partial charge in [0, 0.05) is 23.8 Å². The van der Waals surface area contributed by atoms with Crippen LogP contribution in [0.4, 0.5) is 14.5 Å². The molecule has 1 saturated heterocycles. The van der Waals surface area contributed by atoms with Crippen LogP contribution in [0.25, 0.3) is 0 Å². The Morgan fingerprint density at radius 1 is 0.933 bits per heavy atom. The molecule has 5 nitrogen and oxygen atoms in total. The fraction of sp³-hybridized carbons (Fsp3) is 0.409. The van der Waals surface area contributed by atoms with Crippen LogP contribution in [0.2, 0.25) is 0 Å². The molecule has 2 atom stereocenters. The van der Waals surface area contributed by atoms with Crippen LogP contribution >= 0.6 is 0 Å². The number of hydrogen-bond donors (Lipinski definition) is 1. The van der Waals surface area contributed by atoms with E-state index >= 15 is 0 Å². The number of carbonyl (C=O) groups is 1. The number of piperidine rings is 1. The number of sulfonamides is 1. The molecule has 1 aliphatic heterocycles. The lowest BCUT2D eigenvalue weighted by Gasteiger charge is -2.44. The van der Waals surface area contributed by atoms with Crippen LogP contribution in [0.1, 0.15) is 48.9 Å². The molecule has 1 N–H and O–H groups in total. The maximum Gasteiger partial charge on any atom is 0.261 e. The smallest absolute Gasteiger partial charge is 0.261 e. The molecule has 1 aliphatic carbocycles. The summed E-state index contributed by atoms with van der Waals surface area (Å²) in [5.41, 5.74) is 0.752. The Morgan fingerprint density at radius 3 is 2.37 bits per heavy atom. The van der Waals surface area contributed by atoms with E-state index in [1.807, 2.05) is 4.90 Å². The fourth-order valence-corrected chi connectivity index (χ4v) is 5.65. The quantitative estimate of drug-likeness (QED) is 0.767. The van der Waals surface area contributed by atoms with Crippen LogP contribution in [-0.2, 0) is 10.0 Å². The second-order valence-electron chi connectivity index (χ2n) is 8.01. The number of carbonyl (C=O) groups excluding carboxylic acids is 1. The van der Waals surface area contributed by atoms with Crippen LogP contribution in [-0.4, -0.2) is 31.8 Å². The second kappa shape index (κ2) is 8.34. The Morgan fingerprint density at radius 2 is 1.63 bits per heavy atom. The summed E-state index contributed by atoms with van der Waals surface area (Å²) >= 11 is 0. The lowest BCUT2D eigenvalue weighted by atomic mass is 9.78. The van der Waals surface area contributed by atoms with Gasteiger partial charge in [0.2, 0.25) is 0 Å². The summed E-state index contributed by atoms with van der Waals surface area (Å²) in [5.74, 6) is -1.80. The number of fused-ring (bicyclic) bond motifs is 1. The Bertz CT molecular complexity index is 1040. The monoisotopic (exact) mass is 434 g/mol. The first kappa shape index (κ1) is 20.8. The number of amides is 1. The topological polar surface area (TPSA) is 66.5 Å². The number of hydrogen-bond acceptors (Lipinski definition) is 3. The SMILES string of the molecule is O=C(c1ccc(NS(=O)(=O)c2ccc(F)c(F)c2)cc1)N1CCCC2CCCCC21. The Hall–Kier alpha value is -2.48. The molecule has 160 valence electrons. The van der Waals surface area contributed by atoms with E-state index < -0.39 is 21.7 Å². The standard InChI is InChI=1S/C22H24F2N2O3S/c23-19-12-11-18(14-20(19)24)30(28,29)25-17-9-7-16(8-10-17)22(27)26-13-3-5-15-4-1-2-6-21(15)26/h7-12,14-15,21,25H,1-6,13H2. The van der Waals surface area contributed by atoms with Crippen molar-refractivity contribution in [3.05, 3.63) is 59.7 Å². The molecule has 2 fully saturated rings. The van der Waals surface area contributed by atoms with Gasteiger partial charge < -0.3 is 4.90 Å². The summed E-state index contributed by atoms with van der Waals surface area (Å²) in [5, 5.41) is 0. The molecule has 2 aromatic rings. The average Bonchev–Trinajstić information content (AvgIpc) is 2.75. The number of likely N-dealkylation sites (tertiary alicyclic amines) is 1. The van der Waals surface area contributed by atoms with Crippen LogP contribution in [0.5, 0.6) is 0 Å². The van der Waals surface area contributed by atoms with Crippen molar-refractivity contribution in [3.63, 3.8) is 0 Å². The first-order valence-electron chi connectivity index (χ1n) is 10.2. The largest absolute Gasteiger partial charge is 0.335 e. The van der Waals surface area contributed by atoms with Gasteiger partial charge in [-0.3, -0.25) is 9.52 Å². The van der Waals surface area contributed by atoms with Gasteiger partial charge in [-0.2, -0.15) is 0 Å². The molecular formula is C22H24F2N2O3S. The van der Waals surface area contributed by atoms with Crippen LogP contribution in [0.15, 0.2) is 47.4 Å². The number of halogens is 2. The molecule has 30 heavy (non-hydrogen) atoms. The number of anilines is 1. The van der Waals surface area contributed by atoms with Crippen molar-refractivity contribution in [3.8, 4) is 0 Å². The van der Waals surface area contributed by atoms with Gasteiger partial charge in [-0.05, 0) is 74.1 Å². The molecule has 0 bridgehead atoms. The van der Waals surface area contributed by atoms with Crippen molar-refractivity contribution in [2.75, 3.05) is 11.3 Å². The lowest BCUT2D eigenvalue weighted by Crippen LogP contribution is -2.49. The molecule has 0 aromatic heterocycles. The third kappa shape index (κ3) is 4.19. The first-order chi connectivity index (χ1) is 14.3. The number of nitrogens with one attached hydrogen (secondary N) is 1. The molecule has 2 aliphatic rings. The van der Waals surface area contributed by atoms with Crippen LogP contribution < -0.4 is 4.72 Å². The third-order valence-electron chi connectivity index (χ3n) is 6.09.